The second kappa shape index (κ2) is 10.6. The van der Waals surface area contributed by atoms with E-state index in [1.54, 1.807) is 18.3 Å². The molecule has 0 saturated carbocycles. The van der Waals surface area contributed by atoms with Crippen LogP contribution in [0.15, 0.2) is 97.3 Å². The van der Waals surface area contributed by atoms with Crippen molar-refractivity contribution in [3.8, 4) is 0 Å². The van der Waals surface area contributed by atoms with Crippen LogP contribution < -0.4 is 19.6 Å². The predicted molar refractivity (Wildman–Crippen MR) is 140 cm³/mol. The van der Waals surface area contributed by atoms with E-state index < -0.39 is 0 Å². The fraction of sp³-hybridized carbons (Fsp3) is 0.0357. The molecule has 0 aliphatic heterocycles. The van der Waals surface area contributed by atoms with Gasteiger partial charge in [0.05, 0.1) is 0 Å². The molecule has 0 unspecified atom stereocenters. The summed E-state index contributed by atoms with van der Waals surface area (Å²) in [5.74, 6) is -0.782. The van der Waals surface area contributed by atoms with Crippen molar-refractivity contribution in [3.05, 3.63) is 120 Å². The number of carbonyl (C=O) groups excluding carboxylic acids is 2. The molecule has 5 rings (SSSR count). The van der Waals surface area contributed by atoms with Gasteiger partial charge in [-0.1, -0.05) is 0 Å². The maximum absolute atomic E-state index is 13.1. The number of nitrogens with zero attached hydrogens (tertiary/aromatic N) is 1. The van der Waals surface area contributed by atoms with E-state index in [-0.39, 0.29) is 32.6 Å². The Morgan fingerprint density at radius 1 is 0.889 bits per heavy atom. The van der Waals surface area contributed by atoms with Gasteiger partial charge in [-0.2, -0.15) is 0 Å². The SMILES string of the molecule is O=C(NCc1ccccn1)c1cccc([Se]c2c[nH]c3ccc(C(=O)Nc4ccc(F)cc4)cc23)c1. The van der Waals surface area contributed by atoms with E-state index >= 15 is 0 Å². The third-order valence-corrected chi connectivity index (χ3v) is 7.69. The minimum absolute atomic E-state index is 0.0957. The molecule has 0 spiro atoms. The Hall–Kier alpha value is -4.26. The van der Waals surface area contributed by atoms with Gasteiger partial charge in [0.1, 0.15) is 0 Å². The Labute approximate surface area is 213 Å². The first-order valence-electron chi connectivity index (χ1n) is 11.2. The number of aromatic amines is 1. The van der Waals surface area contributed by atoms with E-state index in [1.165, 1.54) is 24.3 Å². The molecular formula is C28H21FN4O2Se. The number of amides is 2. The van der Waals surface area contributed by atoms with Crippen molar-refractivity contribution in [2.75, 3.05) is 5.32 Å². The summed E-state index contributed by atoms with van der Waals surface area (Å²) in [6, 6.07) is 24.3. The number of fused-ring (bicyclic) bond motifs is 1. The number of hydrogen-bond donors (Lipinski definition) is 3. The van der Waals surface area contributed by atoms with Gasteiger partial charge in [-0.05, 0) is 0 Å². The monoisotopic (exact) mass is 544 g/mol. The summed E-state index contributed by atoms with van der Waals surface area (Å²) in [7, 11) is 0. The Kier molecular flexibility index (Phi) is 6.89. The molecule has 2 amide bonds. The van der Waals surface area contributed by atoms with Crippen LogP contribution in [0.5, 0.6) is 0 Å². The molecule has 0 bridgehead atoms. The second-order valence-electron chi connectivity index (χ2n) is 8.01. The first-order chi connectivity index (χ1) is 17.5. The average Bonchev–Trinajstić information content (AvgIpc) is 3.31. The number of anilines is 1. The zero-order chi connectivity index (χ0) is 24.9. The second-order valence-corrected chi connectivity index (χ2v) is 10.3. The van der Waals surface area contributed by atoms with Gasteiger partial charge >= 0.3 is 213 Å². The summed E-state index contributed by atoms with van der Waals surface area (Å²) in [5.41, 5.74) is 3.34. The van der Waals surface area contributed by atoms with E-state index in [0.29, 0.717) is 23.4 Å². The summed E-state index contributed by atoms with van der Waals surface area (Å²) in [4.78, 5) is 32.9. The van der Waals surface area contributed by atoms with Crippen LogP contribution in [0.3, 0.4) is 0 Å². The predicted octanol–water partition coefficient (Wildman–Crippen LogP) is 3.54. The van der Waals surface area contributed by atoms with Crippen LogP contribution in [0.25, 0.3) is 10.9 Å². The normalized spacial score (nSPS) is 10.8. The number of aromatic nitrogens is 2. The number of halogens is 1. The Bertz CT molecular complexity index is 1530. The van der Waals surface area contributed by atoms with Crippen molar-refractivity contribution in [3.63, 3.8) is 0 Å². The third-order valence-electron chi connectivity index (χ3n) is 5.49. The van der Waals surface area contributed by atoms with Gasteiger partial charge in [0.25, 0.3) is 0 Å². The molecule has 0 atom stereocenters. The Balaban J connectivity index is 1.31. The van der Waals surface area contributed by atoms with Crippen molar-refractivity contribution in [1.29, 1.82) is 0 Å². The summed E-state index contributed by atoms with van der Waals surface area (Å²) in [5, 5.41) is 6.65. The van der Waals surface area contributed by atoms with Gasteiger partial charge in [-0.3, -0.25) is 0 Å². The molecule has 0 saturated heterocycles. The summed E-state index contributed by atoms with van der Waals surface area (Å²) >= 11 is -0.0957. The average molecular weight is 543 g/mol. The molecule has 2 aromatic heterocycles. The number of H-pyrrole nitrogens is 1. The number of nitrogens with one attached hydrogen (secondary N) is 3. The standard InChI is InChI=1S/C28H21FN4O2Se/c29-20-8-10-21(11-9-20)33-28(35)19-7-12-25-24(15-19)26(17-31-25)36-23-6-3-4-18(14-23)27(34)32-16-22-5-1-2-13-30-22/h1-15,17,31H,16H2,(H,32,34)(H,33,35). The fourth-order valence-corrected chi connectivity index (χ4v) is 5.72. The number of carbonyl (C=O) groups is 2. The van der Waals surface area contributed by atoms with Crippen LogP contribution in [0.2, 0.25) is 0 Å². The van der Waals surface area contributed by atoms with E-state index in [2.05, 4.69) is 20.6 Å². The zero-order valence-electron chi connectivity index (χ0n) is 19.0. The van der Waals surface area contributed by atoms with Gasteiger partial charge in [-0.25, -0.2) is 0 Å². The molecule has 36 heavy (non-hydrogen) atoms. The first kappa shape index (κ1) is 23.5. The molecule has 3 N–H and O–H groups in total. The number of hydrogen-bond acceptors (Lipinski definition) is 3. The van der Waals surface area contributed by atoms with Crippen LogP contribution in [0, 0.1) is 5.82 Å². The molecule has 2 heterocycles. The topological polar surface area (TPSA) is 86.9 Å². The number of rotatable bonds is 7. The molecule has 0 aliphatic rings. The van der Waals surface area contributed by atoms with E-state index in [1.807, 2.05) is 54.7 Å². The van der Waals surface area contributed by atoms with Crippen molar-refractivity contribution in [1.82, 2.24) is 15.3 Å². The van der Waals surface area contributed by atoms with Crippen LogP contribution in [-0.4, -0.2) is 36.7 Å². The van der Waals surface area contributed by atoms with Crippen molar-refractivity contribution in [2.24, 2.45) is 0 Å². The van der Waals surface area contributed by atoms with Crippen LogP contribution in [0.1, 0.15) is 26.4 Å². The molecular weight excluding hydrogens is 522 g/mol. The quantitative estimate of drug-likeness (QED) is 0.275. The molecule has 5 aromatic rings. The molecule has 8 heteroatoms. The summed E-state index contributed by atoms with van der Waals surface area (Å²) < 4.78 is 15.3. The van der Waals surface area contributed by atoms with Crippen molar-refractivity contribution < 1.29 is 14.0 Å². The molecule has 3 aromatic carbocycles. The van der Waals surface area contributed by atoms with Crippen LogP contribution >= 0.6 is 0 Å². The molecule has 178 valence electrons. The third kappa shape index (κ3) is 5.51. The number of pyridine rings is 1. The Morgan fingerprint density at radius 2 is 1.72 bits per heavy atom. The molecule has 0 radical (unpaired) electrons. The van der Waals surface area contributed by atoms with Gasteiger partial charge in [0, 0.05) is 0 Å². The van der Waals surface area contributed by atoms with E-state index in [9.17, 15) is 14.0 Å². The van der Waals surface area contributed by atoms with Gasteiger partial charge in [0.15, 0.2) is 0 Å². The Morgan fingerprint density at radius 3 is 2.53 bits per heavy atom. The summed E-state index contributed by atoms with van der Waals surface area (Å²) in [6.07, 6.45) is 3.64. The van der Waals surface area contributed by atoms with Crippen LogP contribution in [0.4, 0.5) is 10.1 Å². The van der Waals surface area contributed by atoms with E-state index in [4.69, 9.17) is 0 Å². The molecule has 6 nitrogen and oxygen atoms in total. The fourth-order valence-electron chi connectivity index (χ4n) is 3.66. The summed E-state index contributed by atoms with van der Waals surface area (Å²) in [6.45, 7) is 0.361. The maximum atomic E-state index is 13.1. The minimum atomic E-state index is -0.358. The molecule has 0 aliphatic carbocycles. The number of benzene rings is 3. The van der Waals surface area contributed by atoms with Crippen molar-refractivity contribution >= 4 is 52.3 Å². The van der Waals surface area contributed by atoms with Gasteiger partial charge in [0.2, 0.25) is 0 Å². The van der Waals surface area contributed by atoms with Crippen LogP contribution in [-0.2, 0) is 6.54 Å². The van der Waals surface area contributed by atoms with Crippen molar-refractivity contribution in [2.45, 2.75) is 6.54 Å². The zero-order valence-corrected chi connectivity index (χ0v) is 20.7. The molecule has 0 fully saturated rings. The first-order valence-corrected chi connectivity index (χ1v) is 12.9. The van der Waals surface area contributed by atoms with Gasteiger partial charge in [-0.15, -0.1) is 0 Å². The van der Waals surface area contributed by atoms with E-state index in [0.717, 1.165) is 25.5 Å². The van der Waals surface area contributed by atoms with Gasteiger partial charge < -0.3 is 0 Å².